The number of nitro benzene ring substituents is 1. The van der Waals surface area contributed by atoms with Crippen LogP contribution in [0.25, 0.3) is 11.3 Å². The van der Waals surface area contributed by atoms with Crippen molar-refractivity contribution in [2.24, 2.45) is 0 Å². The van der Waals surface area contributed by atoms with E-state index < -0.39 is 4.92 Å². The van der Waals surface area contributed by atoms with Gasteiger partial charge in [-0.25, -0.2) is 4.98 Å². The first-order valence-corrected chi connectivity index (χ1v) is 6.47. The predicted molar refractivity (Wildman–Crippen MR) is 75.4 cm³/mol. The van der Waals surface area contributed by atoms with Crippen molar-refractivity contribution in [1.29, 1.82) is 0 Å². The van der Waals surface area contributed by atoms with Gasteiger partial charge in [0, 0.05) is 17.7 Å². The van der Waals surface area contributed by atoms with Crippen molar-refractivity contribution < 1.29 is 9.34 Å². The zero-order valence-electron chi connectivity index (χ0n) is 11.7. The van der Waals surface area contributed by atoms with Gasteiger partial charge in [0.05, 0.1) is 17.2 Å². The smallest absolute Gasteiger partial charge is 0.270 e. The molecule has 0 saturated carbocycles. The van der Waals surface area contributed by atoms with Gasteiger partial charge in [-0.1, -0.05) is 13.0 Å². The molecule has 1 heterocycles. The molecule has 0 spiro atoms. The van der Waals surface area contributed by atoms with Crippen LogP contribution in [-0.2, 0) is 0 Å². The Kier molecular flexibility index (Phi) is 4.14. The standard InChI is InChI=1S/C14H17N3O3/c1-4-15-10(3)14-16-8-13(20-14)12-7-11(17(18)19)6-5-9(12)2/h5-8,10,15H,4H2,1-3H3. The fraction of sp³-hybridized carbons (Fsp3) is 0.357. The lowest BCUT2D eigenvalue weighted by molar-refractivity contribution is -0.384. The molecule has 0 saturated heterocycles. The van der Waals surface area contributed by atoms with Crippen molar-refractivity contribution in [3.8, 4) is 11.3 Å². The Morgan fingerprint density at radius 2 is 2.25 bits per heavy atom. The Morgan fingerprint density at radius 1 is 1.50 bits per heavy atom. The molecule has 2 aromatic rings. The van der Waals surface area contributed by atoms with Crippen molar-refractivity contribution in [1.82, 2.24) is 10.3 Å². The van der Waals surface area contributed by atoms with Gasteiger partial charge < -0.3 is 9.73 Å². The molecule has 0 fully saturated rings. The van der Waals surface area contributed by atoms with Gasteiger partial charge in [-0.3, -0.25) is 10.1 Å². The number of nitrogens with one attached hydrogen (secondary N) is 1. The van der Waals surface area contributed by atoms with Crippen molar-refractivity contribution >= 4 is 5.69 Å². The Hall–Kier alpha value is -2.21. The highest BCUT2D eigenvalue weighted by Crippen LogP contribution is 2.29. The normalized spacial score (nSPS) is 12.3. The van der Waals surface area contributed by atoms with E-state index in [0.717, 1.165) is 12.1 Å². The molecule has 0 amide bonds. The quantitative estimate of drug-likeness (QED) is 0.669. The SMILES string of the molecule is CCNC(C)c1ncc(-c2cc([N+](=O)[O-])ccc2C)o1. The van der Waals surface area contributed by atoms with Crippen LogP contribution in [0.15, 0.2) is 28.8 Å². The molecule has 1 unspecified atom stereocenters. The summed E-state index contributed by atoms with van der Waals surface area (Å²) in [6.45, 7) is 6.66. The molecular formula is C14H17N3O3. The van der Waals surface area contributed by atoms with Crippen LogP contribution >= 0.6 is 0 Å². The van der Waals surface area contributed by atoms with E-state index in [0.29, 0.717) is 17.2 Å². The molecule has 0 aliphatic carbocycles. The average Bonchev–Trinajstić information content (AvgIpc) is 2.88. The second-order valence-electron chi connectivity index (χ2n) is 4.60. The van der Waals surface area contributed by atoms with E-state index in [1.54, 1.807) is 12.3 Å². The second-order valence-corrected chi connectivity index (χ2v) is 4.60. The summed E-state index contributed by atoms with van der Waals surface area (Å²) in [5.41, 5.74) is 1.65. The maximum absolute atomic E-state index is 10.8. The largest absolute Gasteiger partial charge is 0.439 e. The molecule has 0 radical (unpaired) electrons. The van der Waals surface area contributed by atoms with Crippen LogP contribution in [0.2, 0.25) is 0 Å². The molecule has 1 N–H and O–H groups in total. The molecule has 1 atom stereocenters. The molecule has 0 aliphatic rings. The summed E-state index contributed by atoms with van der Waals surface area (Å²) in [4.78, 5) is 14.7. The first-order valence-electron chi connectivity index (χ1n) is 6.47. The molecule has 6 nitrogen and oxygen atoms in total. The van der Waals surface area contributed by atoms with Crippen LogP contribution < -0.4 is 5.32 Å². The minimum absolute atomic E-state index is 0.00718. The van der Waals surface area contributed by atoms with Crippen LogP contribution in [0.5, 0.6) is 0 Å². The van der Waals surface area contributed by atoms with Crippen LogP contribution in [0.1, 0.15) is 31.3 Å². The van der Waals surface area contributed by atoms with E-state index in [9.17, 15) is 10.1 Å². The van der Waals surface area contributed by atoms with Gasteiger partial charge in [0.1, 0.15) is 0 Å². The number of hydrogen-bond acceptors (Lipinski definition) is 5. The van der Waals surface area contributed by atoms with Gasteiger partial charge in [-0.05, 0) is 26.0 Å². The number of non-ortho nitro benzene ring substituents is 1. The summed E-state index contributed by atoms with van der Waals surface area (Å²) in [5, 5.41) is 14.1. The highest BCUT2D eigenvalue weighted by atomic mass is 16.6. The Morgan fingerprint density at radius 3 is 2.90 bits per heavy atom. The molecule has 106 valence electrons. The zero-order valence-corrected chi connectivity index (χ0v) is 11.7. The third-order valence-corrected chi connectivity index (χ3v) is 3.10. The van der Waals surface area contributed by atoms with Gasteiger partial charge in [-0.2, -0.15) is 0 Å². The molecule has 20 heavy (non-hydrogen) atoms. The number of oxazole rings is 1. The number of aryl methyl sites for hydroxylation is 1. The van der Waals surface area contributed by atoms with Crippen molar-refractivity contribution in [3.63, 3.8) is 0 Å². The number of aromatic nitrogens is 1. The molecule has 0 aliphatic heterocycles. The topological polar surface area (TPSA) is 81.2 Å². The maximum Gasteiger partial charge on any atom is 0.270 e. The highest BCUT2D eigenvalue weighted by molar-refractivity contribution is 5.64. The number of benzene rings is 1. The minimum atomic E-state index is -0.415. The van der Waals surface area contributed by atoms with Gasteiger partial charge >= 0.3 is 0 Å². The molecule has 0 bridgehead atoms. The zero-order chi connectivity index (χ0) is 14.7. The Bertz CT molecular complexity index is 622. The maximum atomic E-state index is 10.8. The van der Waals surface area contributed by atoms with Crippen LogP contribution in [-0.4, -0.2) is 16.5 Å². The van der Waals surface area contributed by atoms with Crippen LogP contribution in [0.3, 0.4) is 0 Å². The number of hydrogen-bond donors (Lipinski definition) is 1. The minimum Gasteiger partial charge on any atom is -0.439 e. The lowest BCUT2D eigenvalue weighted by Crippen LogP contribution is -2.17. The number of rotatable bonds is 5. The van der Waals surface area contributed by atoms with Gasteiger partial charge in [0.15, 0.2) is 5.76 Å². The number of nitrogens with zero attached hydrogens (tertiary/aromatic N) is 2. The van der Waals surface area contributed by atoms with Crippen LogP contribution in [0.4, 0.5) is 5.69 Å². The fourth-order valence-corrected chi connectivity index (χ4v) is 1.99. The molecule has 2 rings (SSSR count). The lowest BCUT2D eigenvalue weighted by Gasteiger charge is -2.07. The summed E-state index contributed by atoms with van der Waals surface area (Å²) < 4.78 is 5.70. The number of nitro groups is 1. The summed E-state index contributed by atoms with van der Waals surface area (Å²) >= 11 is 0. The van der Waals surface area contributed by atoms with Gasteiger partial charge in [-0.15, -0.1) is 0 Å². The van der Waals surface area contributed by atoms with Gasteiger partial charge in [0.2, 0.25) is 5.89 Å². The predicted octanol–water partition coefficient (Wildman–Crippen LogP) is 3.23. The van der Waals surface area contributed by atoms with Gasteiger partial charge in [0.25, 0.3) is 5.69 Å². The van der Waals surface area contributed by atoms with E-state index in [1.807, 2.05) is 20.8 Å². The Labute approximate surface area is 117 Å². The monoisotopic (exact) mass is 275 g/mol. The molecule has 1 aromatic carbocycles. The van der Waals surface area contributed by atoms with E-state index in [4.69, 9.17) is 4.42 Å². The van der Waals surface area contributed by atoms with E-state index in [2.05, 4.69) is 10.3 Å². The average molecular weight is 275 g/mol. The third kappa shape index (κ3) is 2.85. The first-order chi connectivity index (χ1) is 9.52. The second kappa shape index (κ2) is 5.83. The molecular weight excluding hydrogens is 258 g/mol. The van der Waals surface area contributed by atoms with E-state index >= 15 is 0 Å². The highest BCUT2D eigenvalue weighted by Gasteiger charge is 2.16. The summed E-state index contributed by atoms with van der Waals surface area (Å²) in [5.74, 6) is 1.12. The molecule has 1 aromatic heterocycles. The van der Waals surface area contributed by atoms with E-state index in [-0.39, 0.29) is 11.7 Å². The summed E-state index contributed by atoms with van der Waals surface area (Å²) in [7, 11) is 0. The third-order valence-electron chi connectivity index (χ3n) is 3.10. The lowest BCUT2D eigenvalue weighted by atomic mass is 10.1. The fourth-order valence-electron chi connectivity index (χ4n) is 1.99. The van der Waals surface area contributed by atoms with E-state index in [1.165, 1.54) is 12.1 Å². The van der Waals surface area contributed by atoms with Crippen molar-refractivity contribution in [2.45, 2.75) is 26.8 Å². The summed E-state index contributed by atoms with van der Waals surface area (Å²) in [6.07, 6.45) is 1.61. The Balaban J connectivity index is 2.36. The first kappa shape index (κ1) is 14.2. The van der Waals surface area contributed by atoms with Crippen molar-refractivity contribution in [3.05, 3.63) is 46.0 Å². The van der Waals surface area contributed by atoms with Crippen LogP contribution in [0, 0.1) is 17.0 Å². The molecule has 6 heteroatoms. The summed E-state index contributed by atoms with van der Waals surface area (Å²) in [6, 6.07) is 4.71. The van der Waals surface area contributed by atoms with Crippen molar-refractivity contribution in [2.75, 3.05) is 6.54 Å².